The summed E-state index contributed by atoms with van der Waals surface area (Å²) in [7, 11) is 0. The molecule has 4 rings (SSSR count). The van der Waals surface area contributed by atoms with E-state index in [1.165, 1.54) is 12.8 Å². The van der Waals surface area contributed by atoms with Gasteiger partial charge in [0.05, 0.1) is 12.4 Å². The van der Waals surface area contributed by atoms with Gasteiger partial charge in [0.15, 0.2) is 0 Å². The van der Waals surface area contributed by atoms with E-state index in [1.807, 2.05) is 6.07 Å². The van der Waals surface area contributed by atoms with Crippen LogP contribution in [-0.4, -0.2) is 50.8 Å². The molecule has 24 heavy (non-hydrogen) atoms. The molecule has 0 atom stereocenters. The molecular weight excluding hydrogens is 304 g/mol. The van der Waals surface area contributed by atoms with Gasteiger partial charge in [-0.2, -0.15) is 5.10 Å². The van der Waals surface area contributed by atoms with E-state index >= 15 is 0 Å². The Morgan fingerprint density at radius 1 is 1.00 bits per heavy atom. The molecule has 0 radical (unpaired) electrons. The third-order valence-corrected chi connectivity index (χ3v) is 4.82. The molecule has 126 valence electrons. The van der Waals surface area contributed by atoms with Crippen molar-refractivity contribution in [2.75, 3.05) is 31.1 Å². The summed E-state index contributed by atoms with van der Waals surface area (Å²) in [5, 5.41) is 4.61. The molecule has 0 spiro atoms. The molecule has 2 aromatic heterocycles. The molecule has 1 aliphatic heterocycles. The van der Waals surface area contributed by atoms with Crippen LogP contribution >= 0.6 is 0 Å². The fraction of sp³-hybridized carbons (Fsp3) is 0.529. The summed E-state index contributed by atoms with van der Waals surface area (Å²) in [4.78, 5) is 25.3. The zero-order chi connectivity index (χ0) is 16.4. The third kappa shape index (κ3) is 3.17. The van der Waals surface area contributed by atoms with Gasteiger partial charge in [-0.05, 0) is 37.3 Å². The predicted molar refractivity (Wildman–Crippen MR) is 91.0 cm³/mol. The number of aryl methyl sites for hydroxylation is 2. The Bertz CT molecular complexity index is 751. The summed E-state index contributed by atoms with van der Waals surface area (Å²) in [5.74, 6) is 0.779. The van der Waals surface area contributed by atoms with Crippen LogP contribution in [0.25, 0.3) is 0 Å². The number of anilines is 1. The van der Waals surface area contributed by atoms with Gasteiger partial charge in [-0.25, -0.2) is 14.6 Å². The summed E-state index contributed by atoms with van der Waals surface area (Å²) in [6.45, 7) is 4.05. The standard InChI is InChI=1S/C17H22N6O/c24-16-12-14-4-1-2-5-15(14)20-23(16)13-21-8-10-22(11-9-21)17-18-6-3-7-19-17/h3,6-7,12H,1-2,4-5,8-11,13H2. The Morgan fingerprint density at radius 2 is 1.75 bits per heavy atom. The monoisotopic (exact) mass is 326 g/mol. The first-order valence-corrected chi connectivity index (χ1v) is 8.64. The van der Waals surface area contributed by atoms with E-state index in [9.17, 15) is 4.79 Å². The fourth-order valence-electron chi connectivity index (χ4n) is 3.44. The zero-order valence-corrected chi connectivity index (χ0v) is 13.8. The van der Waals surface area contributed by atoms with E-state index in [4.69, 9.17) is 0 Å². The van der Waals surface area contributed by atoms with Crippen LogP contribution in [0.15, 0.2) is 29.3 Å². The van der Waals surface area contributed by atoms with Gasteiger partial charge in [0.2, 0.25) is 5.95 Å². The Balaban J connectivity index is 1.41. The van der Waals surface area contributed by atoms with E-state index in [-0.39, 0.29) is 5.56 Å². The molecule has 0 amide bonds. The highest BCUT2D eigenvalue weighted by molar-refractivity contribution is 5.29. The third-order valence-electron chi connectivity index (χ3n) is 4.82. The topological polar surface area (TPSA) is 67.2 Å². The summed E-state index contributed by atoms with van der Waals surface area (Å²) in [5.41, 5.74) is 2.27. The lowest BCUT2D eigenvalue weighted by Gasteiger charge is -2.34. The number of piperazine rings is 1. The van der Waals surface area contributed by atoms with Gasteiger partial charge < -0.3 is 4.90 Å². The Labute approximate surface area is 140 Å². The fourth-order valence-corrected chi connectivity index (χ4v) is 3.44. The van der Waals surface area contributed by atoms with Crippen molar-refractivity contribution in [1.82, 2.24) is 24.6 Å². The van der Waals surface area contributed by atoms with Gasteiger partial charge in [-0.3, -0.25) is 9.69 Å². The molecule has 1 fully saturated rings. The number of hydrogen-bond acceptors (Lipinski definition) is 6. The van der Waals surface area contributed by atoms with E-state index in [0.717, 1.165) is 56.2 Å². The molecule has 0 saturated carbocycles. The average molecular weight is 326 g/mol. The van der Waals surface area contributed by atoms with Crippen molar-refractivity contribution in [3.8, 4) is 0 Å². The van der Waals surface area contributed by atoms with Crippen molar-refractivity contribution in [2.24, 2.45) is 0 Å². The second-order valence-corrected chi connectivity index (χ2v) is 6.46. The smallest absolute Gasteiger partial charge is 0.268 e. The highest BCUT2D eigenvalue weighted by atomic mass is 16.1. The Kier molecular flexibility index (Phi) is 4.25. The second-order valence-electron chi connectivity index (χ2n) is 6.46. The van der Waals surface area contributed by atoms with Crippen molar-refractivity contribution in [3.63, 3.8) is 0 Å². The van der Waals surface area contributed by atoms with Crippen molar-refractivity contribution < 1.29 is 0 Å². The molecule has 0 aromatic carbocycles. The second kappa shape index (κ2) is 6.68. The summed E-state index contributed by atoms with van der Waals surface area (Å²) in [6.07, 6.45) is 7.87. The first-order chi connectivity index (χ1) is 11.8. The Hall–Kier alpha value is -2.28. The number of fused-ring (bicyclic) bond motifs is 1. The predicted octanol–water partition coefficient (Wildman–Crippen LogP) is 0.692. The molecule has 2 aromatic rings. The normalized spacial score (nSPS) is 18.4. The minimum atomic E-state index is 0.0180. The lowest BCUT2D eigenvalue weighted by Crippen LogP contribution is -2.48. The van der Waals surface area contributed by atoms with Crippen LogP contribution in [0.2, 0.25) is 0 Å². The van der Waals surface area contributed by atoms with Crippen LogP contribution in [0.4, 0.5) is 5.95 Å². The zero-order valence-electron chi connectivity index (χ0n) is 13.8. The van der Waals surface area contributed by atoms with Crippen LogP contribution in [0.5, 0.6) is 0 Å². The first kappa shape index (κ1) is 15.3. The maximum atomic E-state index is 12.3. The number of aromatic nitrogens is 4. The highest BCUT2D eigenvalue weighted by Crippen LogP contribution is 2.17. The minimum Gasteiger partial charge on any atom is -0.338 e. The molecule has 1 saturated heterocycles. The molecule has 2 aliphatic rings. The summed E-state index contributed by atoms with van der Waals surface area (Å²) in [6, 6.07) is 3.61. The SMILES string of the molecule is O=c1cc2c(nn1CN1CCN(c3ncccn3)CC1)CCCC2. The van der Waals surface area contributed by atoms with E-state index in [0.29, 0.717) is 6.67 Å². The largest absolute Gasteiger partial charge is 0.338 e. The maximum Gasteiger partial charge on any atom is 0.268 e. The molecule has 0 unspecified atom stereocenters. The van der Waals surface area contributed by atoms with Gasteiger partial charge in [0.1, 0.15) is 0 Å². The van der Waals surface area contributed by atoms with Crippen LogP contribution in [0, 0.1) is 0 Å². The molecule has 0 N–H and O–H groups in total. The van der Waals surface area contributed by atoms with Crippen LogP contribution in [-0.2, 0) is 19.5 Å². The summed E-state index contributed by atoms with van der Waals surface area (Å²) < 4.78 is 1.62. The van der Waals surface area contributed by atoms with E-state index in [2.05, 4.69) is 24.9 Å². The number of nitrogens with zero attached hydrogens (tertiary/aromatic N) is 6. The number of rotatable bonds is 3. The quantitative estimate of drug-likeness (QED) is 0.827. The average Bonchev–Trinajstić information content (AvgIpc) is 2.64. The van der Waals surface area contributed by atoms with Gasteiger partial charge in [-0.15, -0.1) is 0 Å². The van der Waals surface area contributed by atoms with Gasteiger partial charge in [0, 0.05) is 44.6 Å². The van der Waals surface area contributed by atoms with Crippen molar-refractivity contribution in [3.05, 3.63) is 46.1 Å². The van der Waals surface area contributed by atoms with Gasteiger partial charge in [-0.1, -0.05) is 0 Å². The van der Waals surface area contributed by atoms with Crippen LogP contribution in [0.3, 0.4) is 0 Å². The van der Waals surface area contributed by atoms with E-state index < -0.39 is 0 Å². The van der Waals surface area contributed by atoms with Crippen LogP contribution < -0.4 is 10.5 Å². The van der Waals surface area contributed by atoms with Gasteiger partial charge >= 0.3 is 0 Å². The Morgan fingerprint density at radius 3 is 2.54 bits per heavy atom. The van der Waals surface area contributed by atoms with Crippen molar-refractivity contribution in [2.45, 2.75) is 32.4 Å². The molecule has 7 heteroatoms. The molecule has 3 heterocycles. The molecule has 1 aliphatic carbocycles. The van der Waals surface area contributed by atoms with E-state index in [1.54, 1.807) is 23.1 Å². The molecular formula is C17H22N6O. The van der Waals surface area contributed by atoms with Crippen molar-refractivity contribution >= 4 is 5.95 Å². The molecule has 0 bridgehead atoms. The first-order valence-electron chi connectivity index (χ1n) is 8.64. The van der Waals surface area contributed by atoms with Crippen molar-refractivity contribution in [1.29, 1.82) is 0 Å². The lowest BCUT2D eigenvalue weighted by molar-refractivity contribution is 0.189. The highest BCUT2D eigenvalue weighted by Gasteiger charge is 2.20. The van der Waals surface area contributed by atoms with Crippen LogP contribution in [0.1, 0.15) is 24.1 Å². The van der Waals surface area contributed by atoms with Gasteiger partial charge in [0.25, 0.3) is 5.56 Å². The summed E-state index contributed by atoms with van der Waals surface area (Å²) >= 11 is 0. The molecule has 7 nitrogen and oxygen atoms in total. The lowest BCUT2D eigenvalue weighted by atomic mass is 9.97. The maximum absolute atomic E-state index is 12.3. The minimum absolute atomic E-state index is 0.0180. The number of hydrogen-bond donors (Lipinski definition) is 0.